The van der Waals surface area contributed by atoms with Crippen LogP contribution in [0, 0.1) is 0 Å². The van der Waals surface area contributed by atoms with Gasteiger partial charge < -0.3 is 5.32 Å². The zero-order chi connectivity index (χ0) is 14.1. The molecule has 0 amide bonds. The maximum atomic E-state index is 12.6. The van der Waals surface area contributed by atoms with Crippen molar-refractivity contribution in [1.29, 1.82) is 0 Å². The molecule has 0 atom stereocenters. The van der Waals surface area contributed by atoms with Crippen molar-refractivity contribution in [1.82, 2.24) is 0 Å². The number of hydrogen-bond acceptors (Lipinski definition) is 3. The lowest BCUT2D eigenvalue weighted by molar-refractivity contribution is -0.0435. The van der Waals surface area contributed by atoms with Gasteiger partial charge in [-0.05, 0) is 25.0 Å². The van der Waals surface area contributed by atoms with E-state index < -0.39 is 20.2 Å². The Morgan fingerprint density at radius 3 is 2.26 bits per heavy atom. The van der Waals surface area contributed by atoms with Gasteiger partial charge in [0.2, 0.25) is 0 Å². The van der Waals surface area contributed by atoms with Crippen LogP contribution in [0.1, 0.15) is 25.7 Å². The first kappa shape index (κ1) is 14.2. The summed E-state index contributed by atoms with van der Waals surface area (Å²) in [4.78, 5) is -0.700. The lowest BCUT2D eigenvalue weighted by Crippen LogP contribution is -2.25. The standard InChI is InChI=1S/C12H14F3NO2S/c13-12(14,15)19(17,18)11-8-4-3-7-10(11)16-9-5-1-2-6-9/h3-4,7-9,16H,1-2,5-6H2. The fourth-order valence-corrected chi connectivity index (χ4v) is 3.16. The number of benzene rings is 1. The smallest absolute Gasteiger partial charge is 0.381 e. The number of halogens is 3. The predicted octanol–water partition coefficient (Wildman–Crippen LogP) is 3.33. The lowest BCUT2D eigenvalue weighted by atomic mass is 10.2. The van der Waals surface area contributed by atoms with Crippen molar-refractivity contribution in [2.75, 3.05) is 5.32 Å². The number of anilines is 1. The summed E-state index contributed by atoms with van der Waals surface area (Å²) in [6, 6.07) is 5.21. The summed E-state index contributed by atoms with van der Waals surface area (Å²) in [5, 5.41) is 2.91. The molecule has 106 valence electrons. The molecular formula is C12H14F3NO2S. The van der Waals surface area contributed by atoms with Crippen LogP contribution >= 0.6 is 0 Å². The Morgan fingerprint density at radius 1 is 1.11 bits per heavy atom. The van der Waals surface area contributed by atoms with Crippen LogP contribution in [0.5, 0.6) is 0 Å². The molecule has 3 nitrogen and oxygen atoms in total. The van der Waals surface area contributed by atoms with E-state index in [2.05, 4.69) is 5.32 Å². The van der Waals surface area contributed by atoms with Crippen molar-refractivity contribution in [3.05, 3.63) is 24.3 Å². The molecule has 0 radical (unpaired) electrons. The summed E-state index contributed by atoms with van der Waals surface area (Å²) >= 11 is 0. The molecule has 1 aliphatic carbocycles. The molecule has 2 rings (SSSR count). The maximum Gasteiger partial charge on any atom is 0.501 e. The molecule has 0 bridgehead atoms. The molecule has 1 saturated carbocycles. The third-order valence-corrected chi connectivity index (χ3v) is 4.74. The van der Waals surface area contributed by atoms with E-state index in [1.165, 1.54) is 18.2 Å². The highest BCUT2D eigenvalue weighted by Gasteiger charge is 2.48. The largest absolute Gasteiger partial charge is 0.501 e. The molecule has 0 aromatic heterocycles. The van der Waals surface area contributed by atoms with Crippen LogP contribution < -0.4 is 5.32 Å². The minimum absolute atomic E-state index is 0.0340. The quantitative estimate of drug-likeness (QED) is 0.929. The van der Waals surface area contributed by atoms with E-state index in [1.54, 1.807) is 0 Å². The van der Waals surface area contributed by atoms with Gasteiger partial charge >= 0.3 is 5.51 Å². The first-order chi connectivity index (χ1) is 8.82. The summed E-state index contributed by atoms with van der Waals surface area (Å²) in [5.41, 5.74) is -5.24. The fraction of sp³-hybridized carbons (Fsp3) is 0.500. The molecule has 19 heavy (non-hydrogen) atoms. The highest BCUT2D eigenvalue weighted by atomic mass is 32.2. The molecule has 0 spiro atoms. The maximum absolute atomic E-state index is 12.6. The van der Waals surface area contributed by atoms with Crippen molar-refractivity contribution < 1.29 is 21.6 Å². The van der Waals surface area contributed by atoms with Crippen LogP contribution in [0.2, 0.25) is 0 Å². The van der Waals surface area contributed by atoms with Crippen LogP contribution in [-0.4, -0.2) is 20.0 Å². The van der Waals surface area contributed by atoms with E-state index in [0.29, 0.717) is 0 Å². The number of para-hydroxylation sites is 1. The second-order valence-corrected chi connectivity index (χ2v) is 6.48. The monoisotopic (exact) mass is 293 g/mol. The number of alkyl halides is 3. The van der Waals surface area contributed by atoms with Gasteiger partial charge in [-0.1, -0.05) is 25.0 Å². The Balaban J connectivity index is 2.36. The molecule has 0 aliphatic heterocycles. The van der Waals surface area contributed by atoms with Crippen molar-refractivity contribution in [3.63, 3.8) is 0 Å². The highest BCUT2D eigenvalue weighted by molar-refractivity contribution is 7.92. The van der Waals surface area contributed by atoms with Gasteiger partial charge in [0, 0.05) is 6.04 Å². The fourth-order valence-electron chi connectivity index (χ4n) is 2.23. The molecule has 1 aliphatic rings. The lowest BCUT2D eigenvalue weighted by Gasteiger charge is -2.17. The minimum Gasteiger partial charge on any atom is -0.381 e. The van der Waals surface area contributed by atoms with Gasteiger partial charge in [0.15, 0.2) is 0 Å². The van der Waals surface area contributed by atoms with Gasteiger partial charge in [-0.15, -0.1) is 0 Å². The summed E-state index contributed by atoms with van der Waals surface area (Å²) in [7, 11) is -5.31. The van der Waals surface area contributed by atoms with Crippen LogP contribution in [0.25, 0.3) is 0 Å². The summed E-state index contributed by atoms with van der Waals surface area (Å²) in [6.07, 6.45) is 3.71. The van der Waals surface area contributed by atoms with E-state index in [0.717, 1.165) is 31.7 Å². The van der Waals surface area contributed by atoms with E-state index in [-0.39, 0.29) is 11.7 Å². The Morgan fingerprint density at radius 2 is 1.68 bits per heavy atom. The first-order valence-electron chi connectivity index (χ1n) is 5.99. The van der Waals surface area contributed by atoms with Crippen molar-refractivity contribution in [2.24, 2.45) is 0 Å². The summed E-state index contributed by atoms with van der Waals surface area (Å²) in [6.45, 7) is 0. The van der Waals surface area contributed by atoms with Gasteiger partial charge in [0.1, 0.15) is 0 Å². The number of rotatable bonds is 3. The number of nitrogens with one attached hydrogen (secondary N) is 1. The third kappa shape index (κ3) is 2.86. The van der Waals surface area contributed by atoms with E-state index >= 15 is 0 Å². The molecule has 1 N–H and O–H groups in total. The molecule has 1 aromatic rings. The zero-order valence-corrected chi connectivity index (χ0v) is 10.9. The zero-order valence-electron chi connectivity index (χ0n) is 10.1. The normalized spacial score (nSPS) is 17.6. The van der Waals surface area contributed by atoms with Crippen molar-refractivity contribution in [2.45, 2.75) is 42.1 Å². The second kappa shape index (κ2) is 5.03. The molecule has 0 unspecified atom stereocenters. The predicted molar refractivity (Wildman–Crippen MR) is 65.6 cm³/mol. The van der Waals surface area contributed by atoms with Gasteiger partial charge in [0.25, 0.3) is 9.84 Å². The SMILES string of the molecule is O=S(=O)(c1ccccc1NC1CCCC1)C(F)(F)F. The number of sulfone groups is 1. The van der Waals surface area contributed by atoms with Crippen LogP contribution in [-0.2, 0) is 9.84 Å². The summed E-state index contributed by atoms with van der Waals surface area (Å²) < 4.78 is 60.8. The van der Waals surface area contributed by atoms with E-state index in [4.69, 9.17) is 0 Å². The molecule has 7 heteroatoms. The van der Waals surface area contributed by atoms with Crippen molar-refractivity contribution >= 4 is 15.5 Å². The van der Waals surface area contributed by atoms with Crippen molar-refractivity contribution in [3.8, 4) is 0 Å². The Hall–Kier alpha value is -1.24. The van der Waals surface area contributed by atoms with Crippen LogP contribution in [0.15, 0.2) is 29.2 Å². The second-order valence-electron chi connectivity index (χ2n) is 4.57. The average molecular weight is 293 g/mol. The molecule has 0 heterocycles. The minimum atomic E-state index is -5.31. The highest BCUT2D eigenvalue weighted by Crippen LogP contribution is 2.35. The van der Waals surface area contributed by atoms with Crippen LogP contribution in [0.4, 0.5) is 18.9 Å². The first-order valence-corrected chi connectivity index (χ1v) is 7.47. The topological polar surface area (TPSA) is 46.2 Å². The molecule has 1 fully saturated rings. The van der Waals surface area contributed by atoms with Gasteiger partial charge in [-0.25, -0.2) is 8.42 Å². The third-order valence-electron chi connectivity index (χ3n) is 3.20. The Bertz CT molecular complexity index is 548. The van der Waals surface area contributed by atoms with Gasteiger partial charge in [-0.3, -0.25) is 0 Å². The number of hydrogen-bond donors (Lipinski definition) is 1. The Kier molecular flexibility index (Phi) is 3.75. The van der Waals surface area contributed by atoms with Gasteiger partial charge in [0.05, 0.1) is 10.6 Å². The van der Waals surface area contributed by atoms with Crippen LogP contribution in [0.3, 0.4) is 0 Å². The van der Waals surface area contributed by atoms with E-state index in [1.807, 2.05) is 0 Å². The average Bonchev–Trinajstić information content (AvgIpc) is 2.81. The van der Waals surface area contributed by atoms with E-state index in [9.17, 15) is 21.6 Å². The molecule has 0 saturated heterocycles. The molecule has 1 aromatic carbocycles. The summed E-state index contributed by atoms with van der Waals surface area (Å²) in [5.74, 6) is 0. The van der Waals surface area contributed by atoms with Gasteiger partial charge in [-0.2, -0.15) is 13.2 Å². The molecular weight excluding hydrogens is 279 g/mol. The Labute approximate surface area is 109 Å².